The number of hydrogen-bond acceptors (Lipinski definition) is 3. The molecule has 1 N–H and O–H groups in total. The van der Waals surface area contributed by atoms with Crippen molar-refractivity contribution in [2.45, 2.75) is 18.4 Å². The molecule has 0 aliphatic carbocycles. The van der Waals surface area contributed by atoms with Gasteiger partial charge in [0.15, 0.2) is 0 Å². The lowest BCUT2D eigenvalue weighted by atomic mass is 9.87. The van der Waals surface area contributed by atoms with Crippen molar-refractivity contribution in [2.24, 2.45) is 0 Å². The fraction of sp³-hybridized carbons (Fsp3) is 0.400. The molecule has 22 heavy (non-hydrogen) atoms. The van der Waals surface area contributed by atoms with Crippen molar-refractivity contribution in [3.63, 3.8) is 0 Å². The largest absolute Gasteiger partial charge is 0.338 e. The van der Waals surface area contributed by atoms with E-state index in [0.717, 1.165) is 4.90 Å². The van der Waals surface area contributed by atoms with Crippen LogP contribution < -0.4 is 5.32 Å². The van der Waals surface area contributed by atoms with E-state index in [-0.39, 0.29) is 17.8 Å². The molecule has 2 aliphatic heterocycles. The number of piperidine rings is 1. The Morgan fingerprint density at radius 2 is 1.95 bits per heavy atom. The summed E-state index contributed by atoms with van der Waals surface area (Å²) >= 11 is 5.91. The van der Waals surface area contributed by atoms with E-state index in [4.69, 9.17) is 11.6 Å². The summed E-state index contributed by atoms with van der Waals surface area (Å²) in [5, 5.41) is 3.27. The molecule has 3 rings (SSSR count). The number of likely N-dealkylation sites (tertiary alicyclic amines) is 1. The van der Waals surface area contributed by atoms with Crippen molar-refractivity contribution in [3.05, 3.63) is 34.9 Å². The maximum Gasteiger partial charge on any atom is 0.324 e. The molecule has 4 amide bonds. The molecule has 0 unspecified atom stereocenters. The molecule has 2 saturated heterocycles. The van der Waals surface area contributed by atoms with Gasteiger partial charge in [-0.25, -0.2) is 4.79 Å². The Morgan fingerprint density at radius 3 is 2.50 bits per heavy atom. The first kappa shape index (κ1) is 14.8. The van der Waals surface area contributed by atoms with Crippen LogP contribution in [0.1, 0.15) is 23.2 Å². The Hall–Kier alpha value is -2.08. The van der Waals surface area contributed by atoms with Crippen LogP contribution in [-0.2, 0) is 4.79 Å². The molecular weight excluding hydrogens is 306 g/mol. The number of rotatable bonds is 1. The van der Waals surface area contributed by atoms with E-state index < -0.39 is 5.54 Å². The predicted octanol–water partition coefficient (Wildman–Crippen LogP) is 1.50. The standard InChI is InChI=1S/C15H16ClN3O3/c1-18-13(21)15(17-14(18)22)5-7-19(8-6-15)12(20)10-3-2-4-11(16)9-10/h2-4,9H,5-8H2,1H3,(H,17,22). The lowest BCUT2D eigenvalue weighted by Gasteiger charge is -2.37. The van der Waals surface area contributed by atoms with Crippen molar-refractivity contribution < 1.29 is 14.4 Å². The number of amides is 4. The minimum absolute atomic E-state index is 0.109. The van der Waals surface area contributed by atoms with E-state index >= 15 is 0 Å². The van der Waals surface area contributed by atoms with Gasteiger partial charge in [0.1, 0.15) is 5.54 Å². The first-order chi connectivity index (χ1) is 10.4. The molecule has 116 valence electrons. The second kappa shape index (κ2) is 5.28. The fourth-order valence-electron chi connectivity index (χ4n) is 2.99. The van der Waals surface area contributed by atoms with Gasteiger partial charge >= 0.3 is 6.03 Å². The Morgan fingerprint density at radius 1 is 1.27 bits per heavy atom. The van der Waals surface area contributed by atoms with Crippen LogP contribution in [0, 0.1) is 0 Å². The minimum atomic E-state index is -0.850. The maximum atomic E-state index is 12.5. The molecular formula is C15H16ClN3O3. The van der Waals surface area contributed by atoms with Gasteiger partial charge < -0.3 is 10.2 Å². The quantitative estimate of drug-likeness (QED) is 0.797. The van der Waals surface area contributed by atoms with Gasteiger partial charge in [-0.15, -0.1) is 0 Å². The lowest BCUT2D eigenvalue weighted by molar-refractivity contribution is -0.131. The summed E-state index contributed by atoms with van der Waals surface area (Å²) < 4.78 is 0. The van der Waals surface area contributed by atoms with E-state index in [1.165, 1.54) is 7.05 Å². The van der Waals surface area contributed by atoms with Gasteiger partial charge in [0.25, 0.3) is 11.8 Å². The van der Waals surface area contributed by atoms with E-state index in [1.807, 2.05) is 0 Å². The van der Waals surface area contributed by atoms with Crippen molar-refractivity contribution in [1.29, 1.82) is 0 Å². The third-order valence-electron chi connectivity index (χ3n) is 4.34. The van der Waals surface area contributed by atoms with E-state index in [0.29, 0.717) is 36.5 Å². The van der Waals surface area contributed by atoms with Crippen LogP contribution in [0.2, 0.25) is 5.02 Å². The molecule has 0 radical (unpaired) electrons. The number of hydrogen-bond donors (Lipinski definition) is 1. The monoisotopic (exact) mass is 321 g/mol. The van der Waals surface area contributed by atoms with Crippen molar-refractivity contribution >= 4 is 29.4 Å². The van der Waals surface area contributed by atoms with Crippen molar-refractivity contribution in [1.82, 2.24) is 15.1 Å². The summed E-state index contributed by atoms with van der Waals surface area (Å²) in [5.41, 5.74) is -0.320. The maximum absolute atomic E-state index is 12.5. The average Bonchev–Trinajstić information content (AvgIpc) is 2.72. The molecule has 2 heterocycles. The second-order valence-electron chi connectivity index (χ2n) is 5.68. The number of halogens is 1. The van der Waals surface area contributed by atoms with Gasteiger partial charge in [0.2, 0.25) is 0 Å². The van der Waals surface area contributed by atoms with Gasteiger partial charge in [0, 0.05) is 30.7 Å². The molecule has 1 aromatic rings. The molecule has 6 nitrogen and oxygen atoms in total. The summed E-state index contributed by atoms with van der Waals surface area (Å²) in [6.07, 6.45) is 0.850. The molecule has 0 saturated carbocycles. The predicted molar refractivity (Wildman–Crippen MR) is 80.6 cm³/mol. The molecule has 2 fully saturated rings. The Balaban J connectivity index is 1.71. The Kier molecular flexibility index (Phi) is 3.56. The van der Waals surface area contributed by atoms with Crippen LogP contribution in [0.5, 0.6) is 0 Å². The first-order valence-electron chi connectivity index (χ1n) is 7.08. The van der Waals surface area contributed by atoms with E-state index in [9.17, 15) is 14.4 Å². The van der Waals surface area contributed by atoms with Crippen molar-refractivity contribution in [2.75, 3.05) is 20.1 Å². The summed E-state index contributed by atoms with van der Waals surface area (Å²) in [4.78, 5) is 39.1. The third kappa shape index (κ3) is 2.33. The molecule has 0 bridgehead atoms. The first-order valence-corrected chi connectivity index (χ1v) is 7.46. The number of nitrogens with zero attached hydrogens (tertiary/aromatic N) is 2. The van der Waals surface area contributed by atoms with Crippen LogP contribution in [0.15, 0.2) is 24.3 Å². The number of carbonyl (C=O) groups is 3. The number of carbonyl (C=O) groups excluding carboxylic acids is 3. The zero-order valence-corrected chi connectivity index (χ0v) is 12.9. The number of likely N-dealkylation sites (N-methyl/N-ethyl adjacent to an activating group) is 1. The zero-order chi connectivity index (χ0) is 15.9. The normalized spacial score (nSPS) is 20.5. The van der Waals surface area contributed by atoms with Gasteiger partial charge in [-0.2, -0.15) is 0 Å². The van der Waals surface area contributed by atoms with Crippen LogP contribution in [0.3, 0.4) is 0 Å². The van der Waals surface area contributed by atoms with Crippen LogP contribution >= 0.6 is 11.6 Å². The summed E-state index contributed by atoms with van der Waals surface area (Å²) in [7, 11) is 1.47. The highest BCUT2D eigenvalue weighted by molar-refractivity contribution is 6.30. The lowest BCUT2D eigenvalue weighted by Crippen LogP contribution is -2.55. The van der Waals surface area contributed by atoms with Crippen LogP contribution in [-0.4, -0.2) is 53.3 Å². The molecule has 1 aromatic carbocycles. The number of imide groups is 1. The smallest absolute Gasteiger partial charge is 0.324 e. The Bertz CT molecular complexity index is 653. The van der Waals surface area contributed by atoms with Crippen molar-refractivity contribution in [3.8, 4) is 0 Å². The number of urea groups is 1. The Labute approximate surface area is 133 Å². The fourth-order valence-corrected chi connectivity index (χ4v) is 3.18. The zero-order valence-electron chi connectivity index (χ0n) is 12.1. The van der Waals surface area contributed by atoms with E-state index in [2.05, 4.69) is 5.32 Å². The highest BCUT2D eigenvalue weighted by Crippen LogP contribution is 2.29. The SMILES string of the molecule is CN1C(=O)NC2(CCN(C(=O)c3cccc(Cl)c3)CC2)C1=O. The third-order valence-corrected chi connectivity index (χ3v) is 4.58. The molecule has 0 atom stereocenters. The molecule has 7 heteroatoms. The molecule has 0 aromatic heterocycles. The highest BCUT2D eigenvalue weighted by Gasteiger charge is 2.51. The van der Waals surface area contributed by atoms with Gasteiger partial charge in [-0.3, -0.25) is 14.5 Å². The van der Waals surface area contributed by atoms with Crippen LogP contribution in [0.25, 0.3) is 0 Å². The summed E-state index contributed by atoms with van der Waals surface area (Å²) in [6, 6.07) is 6.42. The summed E-state index contributed by atoms with van der Waals surface area (Å²) in [5.74, 6) is -0.324. The van der Waals surface area contributed by atoms with Crippen LogP contribution in [0.4, 0.5) is 4.79 Å². The second-order valence-corrected chi connectivity index (χ2v) is 6.12. The highest BCUT2D eigenvalue weighted by atomic mass is 35.5. The number of benzene rings is 1. The summed E-state index contributed by atoms with van der Waals surface area (Å²) in [6.45, 7) is 0.844. The average molecular weight is 322 g/mol. The molecule has 2 aliphatic rings. The number of nitrogens with one attached hydrogen (secondary N) is 1. The topological polar surface area (TPSA) is 69.7 Å². The van der Waals surface area contributed by atoms with Gasteiger partial charge in [-0.05, 0) is 31.0 Å². The van der Waals surface area contributed by atoms with Gasteiger partial charge in [-0.1, -0.05) is 17.7 Å². The van der Waals surface area contributed by atoms with E-state index in [1.54, 1.807) is 29.2 Å². The molecule has 1 spiro atoms. The van der Waals surface area contributed by atoms with Gasteiger partial charge in [0.05, 0.1) is 0 Å². The minimum Gasteiger partial charge on any atom is -0.338 e.